The van der Waals surface area contributed by atoms with Gasteiger partial charge in [0.2, 0.25) is 0 Å². The first-order chi connectivity index (χ1) is 9.65. The summed E-state index contributed by atoms with van der Waals surface area (Å²) in [4.78, 5) is 22.0. The van der Waals surface area contributed by atoms with Crippen molar-refractivity contribution in [2.24, 2.45) is 0 Å². The maximum atomic E-state index is 11.4. The number of aromatic amines is 1. The zero-order valence-electron chi connectivity index (χ0n) is 10.1. The molecule has 0 atom stereocenters. The lowest BCUT2D eigenvalue weighted by atomic mass is 10.2. The normalized spacial score (nSPS) is 10.7. The number of nitrogens with zero attached hydrogens (tertiary/aromatic N) is 4. The van der Waals surface area contributed by atoms with Crippen LogP contribution in [-0.4, -0.2) is 24.7 Å². The van der Waals surface area contributed by atoms with Crippen LogP contribution in [0.25, 0.3) is 17.2 Å². The summed E-state index contributed by atoms with van der Waals surface area (Å²) in [5, 5.41) is 4.21. The third kappa shape index (κ3) is 2.14. The maximum Gasteiger partial charge on any atom is 0.271 e. The van der Waals surface area contributed by atoms with Crippen LogP contribution in [0.5, 0.6) is 0 Å². The molecule has 1 aromatic carbocycles. The molecule has 7 nitrogen and oxygen atoms in total. The third-order valence-electron chi connectivity index (χ3n) is 2.66. The van der Waals surface area contributed by atoms with E-state index >= 15 is 0 Å². The summed E-state index contributed by atoms with van der Waals surface area (Å²) in [5.74, 6) is 0.716. The van der Waals surface area contributed by atoms with Crippen molar-refractivity contribution in [3.05, 3.63) is 52.3 Å². The fourth-order valence-corrected chi connectivity index (χ4v) is 1.85. The molecule has 0 aliphatic rings. The Kier molecular flexibility index (Phi) is 2.96. The molecule has 100 valence electrons. The Morgan fingerprint density at radius 3 is 2.70 bits per heavy atom. The fourth-order valence-electron chi connectivity index (χ4n) is 1.66. The van der Waals surface area contributed by atoms with Gasteiger partial charge in [-0.05, 0) is 24.3 Å². The largest absolute Gasteiger partial charge is 0.399 e. The highest BCUT2D eigenvalue weighted by molar-refractivity contribution is 6.31. The van der Waals surface area contributed by atoms with Gasteiger partial charge in [0, 0.05) is 11.3 Å². The summed E-state index contributed by atoms with van der Waals surface area (Å²) < 4.78 is 1.35. The first-order valence-electron chi connectivity index (χ1n) is 5.66. The lowest BCUT2D eigenvalue weighted by Crippen LogP contribution is -2.12. The van der Waals surface area contributed by atoms with Gasteiger partial charge in [-0.25, -0.2) is 14.6 Å². The predicted octanol–water partition coefficient (Wildman–Crippen LogP) is 1.25. The summed E-state index contributed by atoms with van der Waals surface area (Å²) in [6.07, 6.45) is 2.70. The second kappa shape index (κ2) is 4.78. The maximum absolute atomic E-state index is 11.4. The zero-order valence-corrected chi connectivity index (χ0v) is 10.9. The van der Waals surface area contributed by atoms with Gasteiger partial charge in [-0.1, -0.05) is 11.6 Å². The quantitative estimate of drug-likeness (QED) is 0.691. The second-order valence-corrected chi connectivity index (χ2v) is 4.38. The molecule has 2 heterocycles. The van der Waals surface area contributed by atoms with E-state index in [1.165, 1.54) is 17.3 Å². The van der Waals surface area contributed by atoms with E-state index < -0.39 is 5.56 Å². The molecule has 3 rings (SSSR count). The van der Waals surface area contributed by atoms with Gasteiger partial charge in [0.1, 0.15) is 6.33 Å². The lowest BCUT2D eigenvalue weighted by molar-refractivity contribution is 0.836. The number of nitrogens with two attached hydrogens (primary N) is 1. The van der Waals surface area contributed by atoms with E-state index in [1.807, 2.05) is 12.1 Å². The Morgan fingerprint density at radius 1 is 1.20 bits per heavy atom. The molecule has 2 aromatic heterocycles. The Morgan fingerprint density at radius 2 is 1.95 bits per heavy atom. The average Bonchev–Trinajstić information content (AvgIpc) is 2.92. The van der Waals surface area contributed by atoms with Gasteiger partial charge in [0.25, 0.3) is 5.56 Å². The van der Waals surface area contributed by atoms with Crippen molar-refractivity contribution < 1.29 is 0 Å². The van der Waals surface area contributed by atoms with Crippen molar-refractivity contribution in [3.63, 3.8) is 0 Å². The average molecular weight is 289 g/mol. The van der Waals surface area contributed by atoms with Crippen molar-refractivity contribution in [2.45, 2.75) is 0 Å². The first kappa shape index (κ1) is 12.4. The molecule has 0 saturated heterocycles. The minimum atomic E-state index is -0.429. The summed E-state index contributed by atoms with van der Waals surface area (Å²) >= 11 is 5.89. The number of rotatable bonds is 2. The number of nitrogen functional groups attached to an aromatic ring is 1. The molecule has 0 bridgehead atoms. The first-order valence-corrected chi connectivity index (χ1v) is 6.04. The highest BCUT2D eigenvalue weighted by atomic mass is 35.5. The standard InChI is InChI=1S/C12H9ClN6O/c13-9-11(15-5-16-12(9)20)19-6-17-10(18-19)7-1-3-8(14)4-2-7/h1-6H,14H2,(H,15,16,20). The minimum Gasteiger partial charge on any atom is -0.399 e. The van der Waals surface area contributed by atoms with Crippen LogP contribution in [0, 0.1) is 0 Å². The molecule has 0 aliphatic heterocycles. The zero-order chi connectivity index (χ0) is 14.1. The summed E-state index contributed by atoms with van der Waals surface area (Å²) in [7, 11) is 0. The third-order valence-corrected chi connectivity index (χ3v) is 3.00. The van der Waals surface area contributed by atoms with Crippen LogP contribution in [0.2, 0.25) is 5.02 Å². The molecule has 3 N–H and O–H groups in total. The number of anilines is 1. The van der Waals surface area contributed by atoms with Crippen LogP contribution in [-0.2, 0) is 0 Å². The van der Waals surface area contributed by atoms with E-state index in [0.29, 0.717) is 11.5 Å². The number of nitrogens with one attached hydrogen (secondary N) is 1. The Balaban J connectivity index is 2.04. The number of hydrogen-bond acceptors (Lipinski definition) is 5. The van der Waals surface area contributed by atoms with Crippen molar-refractivity contribution in [2.75, 3.05) is 5.73 Å². The number of H-pyrrole nitrogens is 1. The molecule has 8 heteroatoms. The monoisotopic (exact) mass is 288 g/mol. The van der Waals surface area contributed by atoms with Gasteiger partial charge >= 0.3 is 0 Å². The molecular formula is C12H9ClN6O. The molecule has 0 aliphatic carbocycles. The topological polar surface area (TPSA) is 102 Å². The molecule has 3 aromatic rings. The molecule has 0 radical (unpaired) electrons. The van der Waals surface area contributed by atoms with Gasteiger partial charge in [-0.3, -0.25) is 4.79 Å². The smallest absolute Gasteiger partial charge is 0.271 e. The molecule has 0 spiro atoms. The summed E-state index contributed by atoms with van der Waals surface area (Å²) in [6, 6.07) is 7.13. The predicted molar refractivity (Wildman–Crippen MR) is 74.6 cm³/mol. The van der Waals surface area contributed by atoms with Gasteiger partial charge in [0.15, 0.2) is 16.7 Å². The Hall–Kier alpha value is -2.67. The summed E-state index contributed by atoms with van der Waals surface area (Å²) in [6.45, 7) is 0. The van der Waals surface area contributed by atoms with E-state index in [-0.39, 0.29) is 10.8 Å². The number of halogens is 1. The van der Waals surface area contributed by atoms with Gasteiger partial charge in [-0.2, -0.15) is 0 Å². The van der Waals surface area contributed by atoms with Crippen LogP contribution in [0.4, 0.5) is 5.69 Å². The van der Waals surface area contributed by atoms with Crippen LogP contribution in [0.1, 0.15) is 0 Å². The van der Waals surface area contributed by atoms with E-state index in [9.17, 15) is 4.79 Å². The highest BCUT2D eigenvalue weighted by Gasteiger charge is 2.11. The van der Waals surface area contributed by atoms with Crippen LogP contribution in [0.15, 0.2) is 41.7 Å². The molecule has 0 amide bonds. The highest BCUT2D eigenvalue weighted by Crippen LogP contribution is 2.18. The van der Waals surface area contributed by atoms with E-state index in [2.05, 4.69) is 20.1 Å². The van der Waals surface area contributed by atoms with E-state index in [0.717, 1.165) is 5.56 Å². The lowest BCUT2D eigenvalue weighted by Gasteiger charge is -2.00. The van der Waals surface area contributed by atoms with Crippen molar-refractivity contribution in [1.82, 2.24) is 24.7 Å². The van der Waals surface area contributed by atoms with Gasteiger partial charge in [0.05, 0.1) is 6.33 Å². The fraction of sp³-hybridized carbons (Fsp3) is 0. The van der Waals surface area contributed by atoms with Crippen LogP contribution >= 0.6 is 11.6 Å². The number of aromatic nitrogens is 5. The van der Waals surface area contributed by atoms with Crippen LogP contribution < -0.4 is 11.3 Å². The van der Waals surface area contributed by atoms with Crippen molar-refractivity contribution >= 4 is 17.3 Å². The van der Waals surface area contributed by atoms with Gasteiger partial charge in [-0.15, -0.1) is 5.10 Å². The molecular weight excluding hydrogens is 280 g/mol. The van der Waals surface area contributed by atoms with Gasteiger partial charge < -0.3 is 10.7 Å². The van der Waals surface area contributed by atoms with E-state index in [4.69, 9.17) is 17.3 Å². The molecule has 0 unspecified atom stereocenters. The minimum absolute atomic E-state index is 0.0405. The SMILES string of the molecule is Nc1ccc(-c2ncn(-c3nc[nH]c(=O)c3Cl)n2)cc1. The molecule has 0 fully saturated rings. The second-order valence-electron chi connectivity index (χ2n) is 4.00. The number of hydrogen-bond donors (Lipinski definition) is 2. The molecule has 20 heavy (non-hydrogen) atoms. The Labute approximate surface area is 118 Å². The summed E-state index contributed by atoms with van der Waals surface area (Å²) in [5.41, 5.74) is 6.66. The Bertz CT molecular complexity index is 807. The van der Waals surface area contributed by atoms with Crippen LogP contribution in [0.3, 0.4) is 0 Å². The van der Waals surface area contributed by atoms with E-state index in [1.54, 1.807) is 12.1 Å². The molecule has 0 saturated carbocycles. The van der Waals surface area contributed by atoms with Crippen molar-refractivity contribution in [1.29, 1.82) is 0 Å². The van der Waals surface area contributed by atoms with Crippen molar-refractivity contribution in [3.8, 4) is 17.2 Å². The number of benzene rings is 1.